The third-order valence-corrected chi connectivity index (χ3v) is 5.58. The number of aryl methyl sites for hydroxylation is 1. The molecule has 0 aliphatic rings. The fourth-order valence-electron chi connectivity index (χ4n) is 2.71. The van der Waals surface area contributed by atoms with Crippen LogP contribution >= 0.6 is 11.8 Å². The molecular weight excluding hydrogens is 408 g/mol. The summed E-state index contributed by atoms with van der Waals surface area (Å²) >= 11 is 1.20. The number of tetrazole rings is 1. The van der Waals surface area contributed by atoms with Crippen LogP contribution in [0.5, 0.6) is 5.75 Å². The summed E-state index contributed by atoms with van der Waals surface area (Å²) in [6.45, 7) is 5.71. The topological polar surface area (TPSA) is 125 Å². The number of methoxy groups -OCH3 is 1. The number of nitro benzene ring substituents is 1. The molecule has 156 valence electrons. The lowest BCUT2D eigenvalue weighted by Crippen LogP contribution is -2.23. The number of aromatic nitrogens is 4. The second-order valence-corrected chi connectivity index (χ2v) is 7.79. The van der Waals surface area contributed by atoms with E-state index in [1.165, 1.54) is 37.1 Å². The molecule has 0 spiro atoms. The molecule has 1 N–H and O–H groups in total. The molecule has 1 atom stereocenters. The molecule has 11 heteroatoms. The molecule has 1 heterocycles. The van der Waals surface area contributed by atoms with Gasteiger partial charge in [-0.15, -0.1) is 5.10 Å². The molecule has 0 bridgehead atoms. The number of thioether (sulfide) groups is 1. The highest BCUT2D eigenvalue weighted by Gasteiger charge is 2.22. The van der Waals surface area contributed by atoms with Gasteiger partial charge in [0, 0.05) is 6.07 Å². The summed E-state index contributed by atoms with van der Waals surface area (Å²) in [5.41, 5.74) is 3.20. The Labute approximate surface area is 176 Å². The average molecular weight is 428 g/mol. The fraction of sp³-hybridized carbons (Fsp3) is 0.263. The van der Waals surface area contributed by atoms with Crippen LogP contribution in [0.25, 0.3) is 5.69 Å². The number of carbonyl (C=O) groups excluding carboxylic acids is 1. The van der Waals surface area contributed by atoms with Crippen LogP contribution in [0.15, 0.2) is 41.6 Å². The zero-order chi connectivity index (χ0) is 21.8. The van der Waals surface area contributed by atoms with Crippen LogP contribution < -0.4 is 10.1 Å². The van der Waals surface area contributed by atoms with Gasteiger partial charge in [0.05, 0.1) is 34.7 Å². The second kappa shape index (κ2) is 8.91. The first-order valence-corrected chi connectivity index (χ1v) is 9.84. The van der Waals surface area contributed by atoms with E-state index in [4.69, 9.17) is 4.74 Å². The molecule has 0 fully saturated rings. The van der Waals surface area contributed by atoms with Crippen molar-refractivity contribution in [3.8, 4) is 11.4 Å². The number of ether oxygens (including phenoxy) is 1. The lowest BCUT2D eigenvalue weighted by Gasteiger charge is -2.14. The van der Waals surface area contributed by atoms with Gasteiger partial charge >= 0.3 is 0 Å². The number of non-ortho nitro benzene ring substituents is 1. The third-order valence-electron chi connectivity index (χ3n) is 4.55. The quantitative estimate of drug-likeness (QED) is 0.345. The Bertz CT molecular complexity index is 1100. The molecular formula is C19H20N6O4S. The van der Waals surface area contributed by atoms with E-state index in [-0.39, 0.29) is 17.3 Å². The Morgan fingerprint density at radius 1 is 1.30 bits per heavy atom. The molecule has 10 nitrogen and oxygen atoms in total. The van der Waals surface area contributed by atoms with Crippen LogP contribution in [-0.2, 0) is 4.79 Å². The van der Waals surface area contributed by atoms with E-state index in [1.54, 1.807) is 11.6 Å². The molecule has 0 saturated heterocycles. The highest BCUT2D eigenvalue weighted by Crippen LogP contribution is 2.31. The van der Waals surface area contributed by atoms with Crippen molar-refractivity contribution < 1.29 is 14.5 Å². The summed E-state index contributed by atoms with van der Waals surface area (Å²) in [6.07, 6.45) is 0. The molecule has 1 aromatic heterocycles. The number of nitrogens with one attached hydrogen (secondary N) is 1. The van der Waals surface area contributed by atoms with Gasteiger partial charge in [-0.25, -0.2) is 0 Å². The van der Waals surface area contributed by atoms with Gasteiger partial charge in [0.1, 0.15) is 5.75 Å². The van der Waals surface area contributed by atoms with E-state index in [0.29, 0.717) is 10.8 Å². The van der Waals surface area contributed by atoms with E-state index >= 15 is 0 Å². The van der Waals surface area contributed by atoms with Gasteiger partial charge < -0.3 is 10.1 Å². The van der Waals surface area contributed by atoms with Crippen molar-refractivity contribution in [2.45, 2.75) is 31.2 Å². The number of amides is 1. The number of rotatable bonds is 7. The van der Waals surface area contributed by atoms with Gasteiger partial charge in [-0.3, -0.25) is 14.9 Å². The normalized spacial score (nSPS) is 11.7. The van der Waals surface area contributed by atoms with E-state index in [2.05, 4.69) is 20.8 Å². The number of hydrogen-bond donors (Lipinski definition) is 1. The zero-order valence-corrected chi connectivity index (χ0v) is 17.6. The van der Waals surface area contributed by atoms with Crippen LogP contribution in [-0.4, -0.2) is 43.4 Å². The first-order valence-electron chi connectivity index (χ1n) is 8.96. The van der Waals surface area contributed by atoms with Gasteiger partial charge in [0.15, 0.2) is 0 Å². The number of nitrogens with zero attached hydrogens (tertiary/aromatic N) is 5. The fourth-order valence-corrected chi connectivity index (χ4v) is 3.51. The summed E-state index contributed by atoms with van der Waals surface area (Å²) in [5, 5.41) is 25.4. The Balaban J connectivity index is 1.77. The van der Waals surface area contributed by atoms with Crippen LogP contribution in [0, 0.1) is 24.0 Å². The third kappa shape index (κ3) is 4.40. The van der Waals surface area contributed by atoms with Crippen LogP contribution in [0.2, 0.25) is 0 Å². The molecule has 3 rings (SSSR count). The Morgan fingerprint density at radius 2 is 2.07 bits per heavy atom. The lowest BCUT2D eigenvalue weighted by atomic mass is 10.1. The molecule has 30 heavy (non-hydrogen) atoms. The lowest BCUT2D eigenvalue weighted by molar-refractivity contribution is -0.384. The van der Waals surface area contributed by atoms with Crippen LogP contribution in [0.1, 0.15) is 18.1 Å². The average Bonchev–Trinajstić information content (AvgIpc) is 3.17. The van der Waals surface area contributed by atoms with Crippen LogP contribution in [0.4, 0.5) is 11.4 Å². The van der Waals surface area contributed by atoms with Crippen LogP contribution in [0.3, 0.4) is 0 Å². The second-order valence-electron chi connectivity index (χ2n) is 6.48. The van der Waals surface area contributed by atoms with Crippen molar-refractivity contribution in [2.75, 3.05) is 12.4 Å². The minimum atomic E-state index is -0.542. The van der Waals surface area contributed by atoms with E-state index in [0.717, 1.165) is 16.8 Å². The van der Waals surface area contributed by atoms with Crippen molar-refractivity contribution in [3.05, 3.63) is 57.6 Å². The van der Waals surface area contributed by atoms with Crippen molar-refractivity contribution in [3.63, 3.8) is 0 Å². The maximum atomic E-state index is 12.7. The van der Waals surface area contributed by atoms with Crippen molar-refractivity contribution in [1.29, 1.82) is 0 Å². The largest absolute Gasteiger partial charge is 0.494 e. The molecule has 0 aliphatic heterocycles. The first-order chi connectivity index (χ1) is 14.3. The molecule has 0 radical (unpaired) electrons. The molecule has 0 aliphatic carbocycles. The monoisotopic (exact) mass is 428 g/mol. The van der Waals surface area contributed by atoms with Gasteiger partial charge in [0.2, 0.25) is 11.1 Å². The predicted octanol–water partition coefficient (Wildman–Crippen LogP) is 3.32. The van der Waals surface area contributed by atoms with Gasteiger partial charge in [0.25, 0.3) is 5.69 Å². The number of carbonyl (C=O) groups is 1. The standard InChI is InChI=1S/C19H20N6O4S/c1-11-6-5-7-16(12(11)2)24-19(21-22-23-24)30-13(3)18(26)20-15-9-8-14(25(27)28)10-17(15)29-4/h5-10,13H,1-4H3,(H,20,26). The maximum Gasteiger partial charge on any atom is 0.273 e. The predicted molar refractivity (Wildman–Crippen MR) is 112 cm³/mol. The Kier molecular flexibility index (Phi) is 6.31. The number of benzene rings is 2. The van der Waals surface area contributed by atoms with Gasteiger partial charge in [-0.1, -0.05) is 23.9 Å². The van der Waals surface area contributed by atoms with E-state index < -0.39 is 10.2 Å². The summed E-state index contributed by atoms with van der Waals surface area (Å²) in [6, 6.07) is 9.83. The highest BCUT2D eigenvalue weighted by atomic mass is 32.2. The molecule has 3 aromatic rings. The smallest absolute Gasteiger partial charge is 0.273 e. The number of anilines is 1. The highest BCUT2D eigenvalue weighted by molar-refractivity contribution is 8.00. The van der Waals surface area contributed by atoms with Crippen molar-refractivity contribution in [1.82, 2.24) is 20.2 Å². The molecule has 2 aromatic carbocycles. The summed E-state index contributed by atoms with van der Waals surface area (Å²) in [5.74, 6) is -0.113. The minimum absolute atomic E-state index is 0.125. The Morgan fingerprint density at radius 3 is 2.77 bits per heavy atom. The zero-order valence-electron chi connectivity index (χ0n) is 16.8. The van der Waals surface area contributed by atoms with E-state index in [1.807, 2.05) is 32.0 Å². The van der Waals surface area contributed by atoms with Crippen molar-refractivity contribution >= 4 is 29.0 Å². The summed E-state index contributed by atoms with van der Waals surface area (Å²) in [7, 11) is 1.38. The number of nitro groups is 1. The molecule has 1 unspecified atom stereocenters. The summed E-state index contributed by atoms with van der Waals surface area (Å²) < 4.78 is 6.76. The van der Waals surface area contributed by atoms with Gasteiger partial charge in [-0.2, -0.15) is 4.68 Å². The molecule has 1 amide bonds. The first kappa shape index (κ1) is 21.2. The Hall–Kier alpha value is -3.47. The number of hydrogen-bond acceptors (Lipinski definition) is 8. The SMILES string of the molecule is COc1cc([N+](=O)[O-])ccc1NC(=O)C(C)Sc1nnnn1-c1cccc(C)c1C. The van der Waals surface area contributed by atoms with Crippen molar-refractivity contribution in [2.24, 2.45) is 0 Å². The van der Waals surface area contributed by atoms with Gasteiger partial charge in [-0.05, 0) is 54.5 Å². The van der Waals surface area contributed by atoms with E-state index in [9.17, 15) is 14.9 Å². The molecule has 0 saturated carbocycles. The maximum absolute atomic E-state index is 12.7. The minimum Gasteiger partial charge on any atom is -0.494 e. The summed E-state index contributed by atoms with van der Waals surface area (Å²) in [4.78, 5) is 23.1.